The molecule has 0 unspecified atom stereocenters. The smallest absolute Gasteiger partial charge is 0.0980 e. The van der Waals surface area contributed by atoms with Crippen LogP contribution in [0.1, 0.15) is 12.8 Å². The minimum atomic E-state index is 0.742. The van der Waals surface area contributed by atoms with Gasteiger partial charge in [-0.2, -0.15) is 5.26 Å². The van der Waals surface area contributed by atoms with Crippen molar-refractivity contribution in [3.63, 3.8) is 0 Å². The second-order valence-electron chi connectivity index (χ2n) is 2.63. The number of nitrogens with one attached hydrogen (secondary N) is 1. The van der Waals surface area contributed by atoms with Crippen LogP contribution >= 0.6 is 0 Å². The highest BCUT2D eigenvalue weighted by atomic mass is 15.5. The molecule has 0 atom stereocenters. The Morgan fingerprint density at radius 1 is 1.60 bits per heavy atom. The summed E-state index contributed by atoms with van der Waals surface area (Å²) in [6.45, 7) is 1.81. The fourth-order valence-corrected chi connectivity index (χ4v) is 1.54. The normalized spacial score (nSPS) is 23.3. The molecular weight excluding hydrogens is 126 g/mol. The van der Waals surface area contributed by atoms with E-state index in [2.05, 4.69) is 16.5 Å². The molecule has 0 bridgehead atoms. The van der Waals surface area contributed by atoms with E-state index in [1.807, 2.05) is 0 Å². The summed E-state index contributed by atoms with van der Waals surface area (Å²) >= 11 is 0. The van der Waals surface area contributed by atoms with Gasteiger partial charge < -0.3 is 5.01 Å². The van der Waals surface area contributed by atoms with Crippen LogP contribution in [0.15, 0.2) is 11.3 Å². The average molecular weight is 135 g/mol. The molecule has 2 rings (SSSR count). The molecule has 0 spiro atoms. The number of rotatable bonds is 0. The molecule has 0 aromatic heterocycles. The Kier molecular flexibility index (Phi) is 1.15. The van der Waals surface area contributed by atoms with E-state index < -0.39 is 0 Å². The highest BCUT2D eigenvalue weighted by Crippen LogP contribution is 2.25. The Morgan fingerprint density at radius 3 is 3.30 bits per heavy atom. The van der Waals surface area contributed by atoms with E-state index >= 15 is 0 Å². The van der Waals surface area contributed by atoms with Crippen LogP contribution in [0.5, 0.6) is 0 Å². The quantitative estimate of drug-likeness (QED) is 0.522. The molecule has 0 saturated carbocycles. The number of fused-ring (bicyclic) bond motifs is 1. The van der Waals surface area contributed by atoms with Crippen LogP contribution in [0, 0.1) is 11.3 Å². The molecule has 2 heterocycles. The van der Waals surface area contributed by atoms with Crippen molar-refractivity contribution in [2.45, 2.75) is 12.8 Å². The summed E-state index contributed by atoms with van der Waals surface area (Å²) in [6.07, 6.45) is 2.27. The zero-order valence-corrected chi connectivity index (χ0v) is 5.72. The van der Waals surface area contributed by atoms with E-state index in [0.717, 1.165) is 25.1 Å². The molecule has 3 heteroatoms. The van der Waals surface area contributed by atoms with Gasteiger partial charge in [-0.15, -0.1) is 0 Å². The lowest BCUT2D eigenvalue weighted by molar-refractivity contribution is 0.321. The third-order valence-corrected chi connectivity index (χ3v) is 2.05. The van der Waals surface area contributed by atoms with Crippen molar-refractivity contribution in [1.29, 1.82) is 5.26 Å². The van der Waals surface area contributed by atoms with E-state index in [-0.39, 0.29) is 0 Å². The van der Waals surface area contributed by atoms with Gasteiger partial charge in [0.2, 0.25) is 0 Å². The summed E-state index contributed by atoms with van der Waals surface area (Å²) in [7, 11) is 0. The maximum Gasteiger partial charge on any atom is 0.0980 e. The molecular formula is C7H9N3. The fraction of sp³-hybridized carbons (Fsp3) is 0.571. The predicted octanol–water partition coefficient (Wildman–Crippen LogP) is 0.378. The van der Waals surface area contributed by atoms with E-state index in [1.54, 1.807) is 0 Å². The van der Waals surface area contributed by atoms with E-state index in [9.17, 15) is 0 Å². The second kappa shape index (κ2) is 1.99. The highest BCUT2D eigenvalue weighted by molar-refractivity contribution is 5.32. The molecule has 0 aliphatic carbocycles. The van der Waals surface area contributed by atoms with Gasteiger partial charge in [-0.1, -0.05) is 0 Å². The molecule has 1 fully saturated rings. The SMILES string of the molecule is N#CC1=C2CCCN2NC1. The molecule has 0 amide bonds. The van der Waals surface area contributed by atoms with Crippen LogP contribution in [0.3, 0.4) is 0 Å². The van der Waals surface area contributed by atoms with Gasteiger partial charge in [-0.25, -0.2) is 5.43 Å². The van der Waals surface area contributed by atoms with Crippen molar-refractivity contribution in [2.24, 2.45) is 0 Å². The first kappa shape index (κ1) is 5.75. The van der Waals surface area contributed by atoms with Gasteiger partial charge in [0.25, 0.3) is 0 Å². The van der Waals surface area contributed by atoms with Crippen LogP contribution in [-0.4, -0.2) is 18.1 Å². The van der Waals surface area contributed by atoms with Crippen molar-refractivity contribution < 1.29 is 0 Å². The molecule has 52 valence electrons. The molecule has 0 aromatic carbocycles. The minimum absolute atomic E-state index is 0.742. The van der Waals surface area contributed by atoms with Crippen molar-refractivity contribution in [3.8, 4) is 6.07 Å². The lowest BCUT2D eigenvalue weighted by Crippen LogP contribution is -2.28. The Balaban J connectivity index is 2.32. The maximum atomic E-state index is 8.64. The number of nitrogens with zero attached hydrogens (tertiary/aromatic N) is 2. The van der Waals surface area contributed by atoms with Crippen LogP contribution in [0.4, 0.5) is 0 Å². The van der Waals surface area contributed by atoms with Crippen LogP contribution in [0.2, 0.25) is 0 Å². The first-order valence-electron chi connectivity index (χ1n) is 3.55. The van der Waals surface area contributed by atoms with Crippen molar-refractivity contribution in [2.75, 3.05) is 13.1 Å². The third-order valence-electron chi connectivity index (χ3n) is 2.05. The lowest BCUT2D eigenvalue weighted by Gasteiger charge is -2.11. The summed E-state index contributed by atoms with van der Waals surface area (Å²) in [5.74, 6) is 0. The summed E-state index contributed by atoms with van der Waals surface area (Å²) in [6, 6.07) is 2.21. The number of nitriles is 1. The van der Waals surface area contributed by atoms with Gasteiger partial charge >= 0.3 is 0 Å². The van der Waals surface area contributed by atoms with E-state index in [4.69, 9.17) is 5.26 Å². The van der Waals surface area contributed by atoms with Gasteiger partial charge in [0.15, 0.2) is 0 Å². The van der Waals surface area contributed by atoms with Crippen LogP contribution < -0.4 is 5.43 Å². The van der Waals surface area contributed by atoms with Gasteiger partial charge in [-0.3, -0.25) is 0 Å². The van der Waals surface area contributed by atoms with Gasteiger partial charge in [0.1, 0.15) is 0 Å². The molecule has 0 radical (unpaired) electrons. The van der Waals surface area contributed by atoms with Crippen molar-refractivity contribution >= 4 is 0 Å². The summed E-state index contributed by atoms with van der Waals surface area (Å²) in [5, 5.41) is 10.7. The number of hydrogen-bond acceptors (Lipinski definition) is 3. The first-order valence-corrected chi connectivity index (χ1v) is 3.55. The maximum absolute atomic E-state index is 8.64. The summed E-state index contributed by atoms with van der Waals surface area (Å²) < 4.78 is 0. The van der Waals surface area contributed by atoms with Crippen LogP contribution in [0.25, 0.3) is 0 Å². The largest absolute Gasteiger partial charge is 0.311 e. The Hall–Kier alpha value is -1.01. The molecule has 2 aliphatic heterocycles. The van der Waals surface area contributed by atoms with E-state index in [1.165, 1.54) is 12.1 Å². The standard InChI is InChI=1S/C7H9N3/c8-4-6-5-9-10-3-1-2-7(6)10/h9H,1-3,5H2. The first-order chi connectivity index (χ1) is 4.92. The molecule has 2 aliphatic rings. The zero-order valence-electron chi connectivity index (χ0n) is 5.72. The molecule has 3 nitrogen and oxygen atoms in total. The third kappa shape index (κ3) is 0.628. The number of hydrazine groups is 1. The van der Waals surface area contributed by atoms with Gasteiger partial charge in [0, 0.05) is 12.2 Å². The topological polar surface area (TPSA) is 39.1 Å². The van der Waals surface area contributed by atoms with Crippen molar-refractivity contribution in [3.05, 3.63) is 11.3 Å². The highest BCUT2D eigenvalue weighted by Gasteiger charge is 2.25. The molecule has 1 saturated heterocycles. The Labute approximate surface area is 59.9 Å². The number of allylic oxidation sites excluding steroid dienone is 1. The van der Waals surface area contributed by atoms with Crippen LogP contribution in [-0.2, 0) is 0 Å². The van der Waals surface area contributed by atoms with Gasteiger partial charge in [-0.05, 0) is 12.8 Å². The fourth-order valence-electron chi connectivity index (χ4n) is 1.54. The van der Waals surface area contributed by atoms with E-state index in [0.29, 0.717) is 0 Å². The molecule has 1 N–H and O–H groups in total. The molecule has 0 aromatic rings. The summed E-state index contributed by atoms with van der Waals surface area (Å²) in [5.41, 5.74) is 5.31. The Bertz CT molecular complexity index is 223. The second-order valence-corrected chi connectivity index (χ2v) is 2.63. The predicted molar refractivity (Wildman–Crippen MR) is 36.6 cm³/mol. The summed E-state index contributed by atoms with van der Waals surface area (Å²) in [4.78, 5) is 0. The monoisotopic (exact) mass is 135 g/mol. The number of hydrogen-bond donors (Lipinski definition) is 1. The average Bonchev–Trinajstić information content (AvgIpc) is 2.44. The van der Waals surface area contributed by atoms with Crippen molar-refractivity contribution in [1.82, 2.24) is 10.4 Å². The lowest BCUT2D eigenvalue weighted by atomic mass is 10.2. The zero-order chi connectivity index (χ0) is 6.97. The minimum Gasteiger partial charge on any atom is -0.311 e. The molecule has 10 heavy (non-hydrogen) atoms. The van der Waals surface area contributed by atoms with Gasteiger partial charge in [0.05, 0.1) is 18.2 Å². The Morgan fingerprint density at radius 2 is 2.50 bits per heavy atom.